The Hall–Kier alpha value is -0.870. The molecule has 0 spiro atoms. The Morgan fingerprint density at radius 2 is 2.22 bits per heavy atom. The van der Waals surface area contributed by atoms with Gasteiger partial charge in [-0.1, -0.05) is 20.8 Å². The molecule has 4 heteroatoms. The Kier molecular flexibility index (Phi) is 5.82. The van der Waals surface area contributed by atoms with Gasteiger partial charge in [0.05, 0.1) is 5.92 Å². The molecule has 1 atom stereocenters. The average molecular weight is 268 g/mol. The van der Waals surface area contributed by atoms with Gasteiger partial charge in [-0.3, -0.25) is 4.79 Å². The van der Waals surface area contributed by atoms with Gasteiger partial charge in [0.25, 0.3) is 0 Å². The lowest BCUT2D eigenvalue weighted by molar-refractivity contribution is -0.125. The number of nitrogens with one attached hydrogen (secondary N) is 1. The summed E-state index contributed by atoms with van der Waals surface area (Å²) in [7, 11) is 0. The second kappa shape index (κ2) is 6.90. The third-order valence-electron chi connectivity index (χ3n) is 2.81. The Morgan fingerprint density at radius 1 is 1.50 bits per heavy atom. The maximum atomic E-state index is 12.0. The lowest BCUT2D eigenvalue weighted by Crippen LogP contribution is -2.38. The number of rotatable bonds is 6. The van der Waals surface area contributed by atoms with Gasteiger partial charge in [-0.2, -0.15) is 11.3 Å². The SMILES string of the molecule is CC(C)(C)CC(CN)C(=O)NCCc1ccsc1. The van der Waals surface area contributed by atoms with E-state index < -0.39 is 0 Å². The second-order valence-electron chi connectivity index (χ2n) is 5.87. The molecule has 3 nitrogen and oxygen atoms in total. The maximum absolute atomic E-state index is 12.0. The van der Waals surface area contributed by atoms with Crippen molar-refractivity contribution in [2.75, 3.05) is 13.1 Å². The molecule has 1 aromatic heterocycles. The summed E-state index contributed by atoms with van der Waals surface area (Å²) in [5.74, 6) is 0.00938. The van der Waals surface area contributed by atoms with Crippen molar-refractivity contribution < 1.29 is 4.79 Å². The molecule has 1 heterocycles. The lowest BCUT2D eigenvalue weighted by Gasteiger charge is -2.24. The molecule has 1 aromatic rings. The Balaban J connectivity index is 2.33. The first kappa shape index (κ1) is 15.2. The third kappa shape index (κ3) is 5.65. The van der Waals surface area contributed by atoms with Gasteiger partial charge in [0, 0.05) is 13.1 Å². The average Bonchev–Trinajstić information content (AvgIpc) is 2.77. The van der Waals surface area contributed by atoms with Crippen LogP contribution < -0.4 is 11.1 Å². The van der Waals surface area contributed by atoms with Gasteiger partial charge in [0.2, 0.25) is 5.91 Å². The molecular formula is C14H24N2OS. The molecule has 1 unspecified atom stereocenters. The molecular weight excluding hydrogens is 244 g/mol. The molecule has 0 aromatic carbocycles. The van der Waals surface area contributed by atoms with Gasteiger partial charge in [0.1, 0.15) is 0 Å². The molecule has 0 radical (unpaired) electrons. The number of carbonyl (C=O) groups is 1. The van der Waals surface area contributed by atoms with Crippen molar-refractivity contribution in [3.05, 3.63) is 22.4 Å². The summed E-state index contributed by atoms with van der Waals surface area (Å²) >= 11 is 1.68. The van der Waals surface area contributed by atoms with Crippen LogP contribution in [0.25, 0.3) is 0 Å². The highest BCUT2D eigenvalue weighted by Gasteiger charge is 2.23. The zero-order valence-corrected chi connectivity index (χ0v) is 12.3. The molecule has 102 valence electrons. The van der Waals surface area contributed by atoms with E-state index in [1.54, 1.807) is 11.3 Å². The number of nitrogens with two attached hydrogens (primary N) is 1. The summed E-state index contributed by atoms with van der Waals surface area (Å²) in [6.45, 7) is 7.51. The Labute approximate surface area is 114 Å². The first-order valence-corrected chi connectivity index (χ1v) is 7.35. The first-order valence-electron chi connectivity index (χ1n) is 6.41. The summed E-state index contributed by atoms with van der Waals surface area (Å²) in [5.41, 5.74) is 7.10. The standard InChI is InChI=1S/C14H24N2OS/c1-14(2,3)8-12(9-15)13(17)16-6-4-11-5-7-18-10-11/h5,7,10,12H,4,6,8-9,15H2,1-3H3,(H,16,17). The molecule has 18 heavy (non-hydrogen) atoms. The monoisotopic (exact) mass is 268 g/mol. The predicted molar refractivity (Wildman–Crippen MR) is 77.6 cm³/mol. The van der Waals surface area contributed by atoms with E-state index in [1.807, 2.05) is 0 Å². The number of hydrogen-bond acceptors (Lipinski definition) is 3. The minimum atomic E-state index is -0.0764. The molecule has 0 aliphatic heterocycles. The van der Waals surface area contributed by atoms with Crippen molar-refractivity contribution in [3.8, 4) is 0 Å². The smallest absolute Gasteiger partial charge is 0.224 e. The Morgan fingerprint density at radius 3 is 2.72 bits per heavy atom. The van der Waals surface area contributed by atoms with Crippen LogP contribution in [0.3, 0.4) is 0 Å². The number of hydrogen-bond donors (Lipinski definition) is 2. The summed E-state index contributed by atoms with van der Waals surface area (Å²) < 4.78 is 0. The van der Waals surface area contributed by atoms with Crippen molar-refractivity contribution in [2.45, 2.75) is 33.6 Å². The normalized spacial score (nSPS) is 13.3. The van der Waals surface area contributed by atoms with Crippen LogP contribution in [0.1, 0.15) is 32.8 Å². The third-order valence-corrected chi connectivity index (χ3v) is 3.54. The molecule has 0 fully saturated rings. The number of carbonyl (C=O) groups excluding carboxylic acids is 1. The summed E-state index contributed by atoms with van der Waals surface area (Å²) in [4.78, 5) is 12.0. The molecule has 1 amide bonds. The summed E-state index contributed by atoms with van der Waals surface area (Å²) in [6, 6.07) is 2.09. The second-order valence-corrected chi connectivity index (χ2v) is 6.65. The van der Waals surface area contributed by atoms with E-state index in [1.165, 1.54) is 5.56 Å². The predicted octanol–water partition coefficient (Wildman–Crippen LogP) is 2.42. The maximum Gasteiger partial charge on any atom is 0.224 e. The molecule has 0 saturated heterocycles. The number of thiophene rings is 1. The van der Waals surface area contributed by atoms with Gasteiger partial charge in [0.15, 0.2) is 0 Å². The quantitative estimate of drug-likeness (QED) is 0.832. The van der Waals surface area contributed by atoms with Gasteiger partial charge in [-0.05, 0) is 40.6 Å². The topological polar surface area (TPSA) is 55.1 Å². The van der Waals surface area contributed by atoms with Gasteiger partial charge in [-0.15, -0.1) is 0 Å². The van der Waals surface area contributed by atoms with Crippen LogP contribution >= 0.6 is 11.3 Å². The largest absolute Gasteiger partial charge is 0.355 e. The zero-order chi connectivity index (χ0) is 13.6. The van der Waals surface area contributed by atoms with E-state index in [0.717, 1.165) is 12.8 Å². The van der Waals surface area contributed by atoms with Gasteiger partial charge in [-0.25, -0.2) is 0 Å². The van der Waals surface area contributed by atoms with Crippen LogP contribution in [0, 0.1) is 11.3 Å². The minimum Gasteiger partial charge on any atom is -0.355 e. The van der Waals surface area contributed by atoms with Gasteiger partial charge >= 0.3 is 0 Å². The molecule has 1 rings (SSSR count). The highest BCUT2D eigenvalue weighted by molar-refractivity contribution is 7.07. The highest BCUT2D eigenvalue weighted by atomic mass is 32.1. The highest BCUT2D eigenvalue weighted by Crippen LogP contribution is 2.23. The zero-order valence-electron chi connectivity index (χ0n) is 11.5. The van der Waals surface area contributed by atoms with Crippen LogP contribution in [-0.2, 0) is 11.2 Å². The molecule has 0 saturated carbocycles. The van der Waals surface area contributed by atoms with E-state index in [0.29, 0.717) is 13.1 Å². The van der Waals surface area contributed by atoms with E-state index >= 15 is 0 Å². The molecule has 0 aliphatic carbocycles. The van der Waals surface area contributed by atoms with E-state index in [2.05, 4.69) is 42.9 Å². The number of amides is 1. The van der Waals surface area contributed by atoms with Crippen molar-refractivity contribution >= 4 is 17.2 Å². The van der Waals surface area contributed by atoms with Crippen molar-refractivity contribution in [1.29, 1.82) is 0 Å². The fourth-order valence-electron chi connectivity index (χ4n) is 1.93. The Bertz CT molecular complexity index is 354. The van der Waals surface area contributed by atoms with E-state index in [9.17, 15) is 4.79 Å². The molecule has 0 bridgehead atoms. The van der Waals surface area contributed by atoms with E-state index in [-0.39, 0.29) is 17.2 Å². The fraction of sp³-hybridized carbons (Fsp3) is 0.643. The van der Waals surface area contributed by atoms with Crippen LogP contribution in [-0.4, -0.2) is 19.0 Å². The molecule has 3 N–H and O–H groups in total. The van der Waals surface area contributed by atoms with Crippen LogP contribution in [0.15, 0.2) is 16.8 Å². The lowest BCUT2D eigenvalue weighted by atomic mass is 9.84. The van der Waals surface area contributed by atoms with Crippen LogP contribution in [0.2, 0.25) is 0 Å². The van der Waals surface area contributed by atoms with Crippen molar-refractivity contribution in [2.24, 2.45) is 17.1 Å². The summed E-state index contributed by atoms with van der Waals surface area (Å²) in [6.07, 6.45) is 1.72. The summed E-state index contributed by atoms with van der Waals surface area (Å²) in [5, 5.41) is 7.15. The van der Waals surface area contributed by atoms with Crippen molar-refractivity contribution in [1.82, 2.24) is 5.32 Å². The van der Waals surface area contributed by atoms with Crippen molar-refractivity contribution in [3.63, 3.8) is 0 Å². The van der Waals surface area contributed by atoms with Crippen LogP contribution in [0.4, 0.5) is 0 Å². The molecule has 0 aliphatic rings. The van der Waals surface area contributed by atoms with Crippen LogP contribution in [0.5, 0.6) is 0 Å². The van der Waals surface area contributed by atoms with E-state index in [4.69, 9.17) is 5.73 Å². The van der Waals surface area contributed by atoms with Gasteiger partial charge < -0.3 is 11.1 Å². The fourth-order valence-corrected chi connectivity index (χ4v) is 2.63. The minimum absolute atomic E-state index is 0.0764. The first-order chi connectivity index (χ1) is 8.42.